The maximum Gasteiger partial charge on any atom is 0.0224 e. The molecule has 10 heavy (non-hydrogen) atoms. The second kappa shape index (κ2) is 2.57. The normalized spacial score (nSPS) is 30.1. The van der Waals surface area contributed by atoms with E-state index in [-0.39, 0.29) is 5.41 Å². The van der Waals surface area contributed by atoms with Crippen molar-refractivity contribution < 1.29 is 0 Å². The average molecular weight is 137 g/mol. The summed E-state index contributed by atoms with van der Waals surface area (Å²) in [5.41, 5.74) is 0.267. The molecular formula is C9H15N. The van der Waals surface area contributed by atoms with Crippen LogP contribution in [0.25, 0.3) is 0 Å². The fraction of sp³-hybridized carbons (Fsp3) is 0.667. The van der Waals surface area contributed by atoms with E-state index in [4.69, 9.17) is 0 Å². The minimum absolute atomic E-state index is 0.267. The molecule has 1 unspecified atom stereocenters. The van der Waals surface area contributed by atoms with Gasteiger partial charge in [-0.1, -0.05) is 26.8 Å². The monoisotopic (exact) mass is 137 g/mol. The molecule has 0 aromatic rings. The lowest BCUT2D eigenvalue weighted by molar-refractivity contribution is 0.350. The summed E-state index contributed by atoms with van der Waals surface area (Å²) in [7, 11) is 0. The molecule has 1 rings (SSSR count). The van der Waals surface area contributed by atoms with Crippen LogP contribution >= 0.6 is 0 Å². The van der Waals surface area contributed by atoms with Crippen LogP contribution in [-0.2, 0) is 0 Å². The molecule has 56 valence electrons. The predicted molar refractivity (Wildman–Crippen MR) is 45.2 cm³/mol. The quantitative estimate of drug-likeness (QED) is 0.486. The van der Waals surface area contributed by atoms with Gasteiger partial charge in [0, 0.05) is 17.8 Å². The Bertz CT molecular complexity index is 166. The number of aliphatic imine (C=N–C) groups is 1. The fourth-order valence-electron chi connectivity index (χ4n) is 0.992. The lowest BCUT2D eigenvalue weighted by Gasteiger charge is -2.25. The zero-order valence-corrected chi connectivity index (χ0v) is 6.96. The van der Waals surface area contributed by atoms with Crippen LogP contribution in [0.2, 0.25) is 0 Å². The van der Waals surface area contributed by atoms with Crippen molar-refractivity contribution in [2.75, 3.05) is 0 Å². The second-order valence-electron chi connectivity index (χ2n) is 3.62. The van der Waals surface area contributed by atoms with Crippen LogP contribution in [0.3, 0.4) is 0 Å². The molecule has 0 amide bonds. The van der Waals surface area contributed by atoms with Gasteiger partial charge in [0.1, 0.15) is 0 Å². The molecule has 0 spiro atoms. The third kappa shape index (κ3) is 1.47. The van der Waals surface area contributed by atoms with E-state index in [9.17, 15) is 0 Å². The second-order valence-corrected chi connectivity index (χ2v) is 3.62. The molecule has 0 saturated carbocycles. The molecule has 0 bridgehead atoms. The summed E-state index contributed by atoms with van der Waals surface area (Å²) in [6.07, 6.45) is 7.22. The molecule has 0 aromatic heterocycles. The van der Waals surface area contributed by atoms with Gasteiger partial charge in [0.15, 0.2) is 0 Å². The van der Waals surface area contributed by atoms with Gasteiger partial charge in [0.25, 0.3) is 0 Å². The van der Waals surface area contributed by atoms with E-state index in [1.54, 1.807) is 0 Å². The van der Waals surface area contributed by atoms with Crippen molar-refractivity contribution >= 4 is 6.21 Å². The molecule has 1 nitrogen and oxygen atoms in total. The fourth-order valence-corrected chi connectivity index (χ4v) is 0.992. The molecule has 0 aromatic carbocycles. The Kier molecular flexibility index (Phi) is 1.93. The van der Waals surface area contributed by atoms with Gasteiger partial charge >= 0.3 is 0 Å². The molecule has 1 heteroatoms. The molecule has 0 fully saturated rings. The largest absolute Gasteiger partial charge is 0.269 e. The van der Waals surface area contributed by atoms with Gasteiger partial charge in [-0.3, -0.25) is 4.99 Å². The summed E-state index contributed by atoms with van der Waals surface area (Å²) in [5.74, 6) is 0.704. The van der Waals surface area contributed by atoms with E-state index in [0.29, 0.717) is 5.92 Å². The summed E-state index contributed by atoms with van der Waals surface area (Å²) < 4.78 is 0. The van der Waals surface area contributed by atoms with E-state index in [0.717, 1.165) is 6.42 Å². The van der Waals surface area contributed by atoms with Crippen molar-refractivity contribution in [3.63, 3.8) is 0 Å². The predicted octanol–water partition coefficient (Wildman–Crippen LogP) is 2.64. The molecule has 1 heterocycles. The van der Waals surface area contributed by atoms with Gasteiger partial charge in [-0.25, -0.2) is 0 Å². The molecule has 1 atom stereocenters. The SMILES string of the molecule is CC1CC=CN=CC1(C)C. The van der Waals surface area contributed by atoms with Gasteiger partial charge < -0.3 is 0 Å². The first-order chi connectivity index (χ1) is 4.63. The van der Waals surface area contributed by atoms with Crippen LogP contribution in [0, 0.1) is 11.3 Å². The Labute approximate surface area is 62.9 Å². The van der Waals surface area contributed by atoms with Crippen LogP contribution in [-0.4, -0.2) is 6.21 Å². The van der Waals surface area contributed by atoms with Crippen molar-refractivity contribution in [1.29, 1.82) is 0 Å². The van der Waals surface area contributed by atoms with Crippen molar-refractivity contribution in [2.24, 2.45) is 16.3 Å². The third-order valence-corrected chi connectivity index (χ3v) is 2.36. The highest BCUT2D eigenvalue weighted by Crippen LogP contribution is 2.28. The van der Waals surface area contributed by atoms with Gasteiger partial charge in [-0.15, -0.1) is 0 Å². The first-order valence-electron chi connectivity index (χ1n) is 3.82. The zero-order chi connectivity index (χ0) is 7.61. The van der Waals surface area contributed by atoms with Crippen LogP contribution in [0.1, 0.15) is 27.2 Å². The highest BCUT2D eigenvalue weighted by molar-refractivity contribution is 5.66. The van der Waals surface area contributed by atoms with E-state index in [2.05, 4.69) is 31.8 Å². The molecular weight excluding hydrogens is 122 g/mol. The summed E-state index contributed by atoms with van der Waals surface area (Å²) in [4.78, 5) is 4.17. The van der Waals surface area contributed by atoms with Gasteiger partial charge in [0.05, 0.1) is 0 Å². The number of nitrogens with zero attached hydrogens (tertiary/aromatic N) is 1. The number of hydrogen-bond donors (Lipinski definition) is 0. The highest BCUT2D eigenvalue weighted by Gasteiger charge is 2.23. The summed E-state index contributed by atoms with van der Waals surface area (Å²) in [6.45, 7) is 6.73. The Morgan fingerprint density at radius 2 is 2.20 bits per heavy atom. The van der Waals surface area contributed by atoms with Gasteiger partial charge in [-0.2, -0.15) is 0 Å². The van der Waals surface area contributed by atoms with Crippen LogP contribution in [0.4, 0.5) is 0 Å². The smallest absolute Gasteiger partial charge is 0.0224 e. The topological polar surface area (TPSA) is 12.4 Å². The van der Waals surface area contributed by atoms with Crippen molar-refractivity contribution in [3.8, 4) is 0 Å². The summed E-state index contributed by atoms with van der Waals surface area (Å²) in [5, 5.41) is 0. The van der Waals surface area contributed by atoms with Crippen LogP contribution in [0.15, 0.2) is 17.3 Å². The van der Waals surface area contributed by atoms with Crippen LogP contribution < -0.4 is 0 Å². The van der Waals surface area contributed by atoms with Crippen molar-refractivity contribution in [2.45, 2.75) is 27.2 Å². The lowest BCUT2D eigenvalue weighted by Crippen LogP contribution is -2.21. The minimum Gasteiger partial charge on any atom is -0.269 e. The molecule has 0 saturated heterocycles. The number of rotatable bonds is 0. The van der Waals surface area contributed by atoms with Crippen LogP contribution in [0.5, 0.6) is 0 Å². The Morgan fingerprint density at radius 1 is 1.50 bits per heavy atom. The molecule has 0 aliphatic carbocycles. The van der Waals surface area contributed by atoms with E-state index >= 15 is 0 Å². The third-order valence-electron chi connectivity index (χ3n) is 2.36. The molecule has 0 N–H and O–H groups in total. The number of hydrogen-bond acceptors (Lipinski definition) is 1. The average Bonchev–Trinajstić information content (AvgIpc) is 1.96. The number of allylic oxidation sites excluding steroid dienone is 1. The minimum atomic E-state index is 0.267. The maximum atomic E-state index is 4.17. The van der Waals surface area contributed by atoms with Crippen molar-refractivity contribution in [1.82, 2.24) is 0 Å². The van der Waals surface area contributed by atoms with Gasteiger partial charge in [0.2, 0.25) is 0 Å². The highest BCUT2D eigenvalue weighted by atomic mass is 14.7. The zero-order valence-electron chi connectivity index (χ0n) is 6.96. The first-order valence-corrected chi connectivity index (χ1v) is 3.82. The summed E-state index contributed by atoms with van der Waals surface area (Å²) >= 11 is 0. The van der Waals surface area contributed by atoms with E-state index < -0.39 is 0 Å². The standard InChI is InChI=1S/C9H15N/c1-8-5-4-6-10-7-9(8,2)3/h4,6-8H,5H2,1-3H3. The Balaban J connectivity index is 2.76. The Hall–Kier alpha value is -0.590. The van der Waals surface area contributed by atoms with Gasteiger partial charge in [-0.05, 0) is 12.3 Å². The Morgan fingerprint density at radius 3 is 2.90 bits per heavy atom. The summed E-state index contributed by atoms with van der Waals surface area (Å²) in [6, 6.07) is 0. The first kappa shape index (κ1) is 7.52. The lowest BCUT2D eigenvalue weighted by atomic mass is 9.80. The maximum absolute atomic E-state index is 4.17. The van der Waals surface area contributed by atoms with E-state index in [1.807, 2.05) is 12.4 Å². The molecule has 0 radical (unpaired) electrons. The van der Waals surface area contributed by atoms with E-state index in [1.165, 1.54) is 0 Å². The molecule has 1 aliphatic rings. The van der Waals surface area contributed by atoms with Crippen molar-refractivity contribution in [3.05, 3.63) is 12.3 Å². The molecule has 1 aliphatic heterocycles.